The summed E-state index contributed by atoms with van der Waals surface area (Å²) < 4.78 is 1.53. The summed E-state index contributed by atoms with van der Waals surface area (Å²) in [6.45, 7) is 3.91. The van der Waals surface area contributed by atoms with Gasteiger partial charge in [0.05, 0.1) is 11.3 Å². The lowest BCUT2D eigenvalue weighted by molar-refractivity contribution is 0.0690. The van der Waals surface area contributed by atoms with Crippen molar-refractivity contribution in [3.63, 3.8) is 0 Å². The summed E-state index contributed by atoms with van der Waals surface area (Å²) in [5, 5.41) is 22.2. The first-order valence-corrected chi connectivity index (χ1v) is 5.87. The monoisotopic (exact) mass is 255 g/mol. The van der Waals surface area contributed by atoms with E-state index >= 15 is 0 Å². The Hall–Kier alpha value is -2.61. The van der Waals surface area contributed by atoms with E-state index in [1.165, 1.54) is 4.68 Å². The molecule has 1 aromatic carbocycles. The molecule has 0 aliphatic carbocycles. The highest BCUT2D eigenvalue weighted by molar-refractivity contribution is 5.85. The Bertz CT molecular complexity index is 666. The molecular formula is C14H13N3O2. The number of para-hydroxylation sites is 1. The summed E-state index contributed by atoms with van der Waals surface area (Å²) in [6.07, 6.45) is 0. The molecule has 19 heavy (non-hydrogen) atoms. The van der Waals surface area contributed by atoms with Crippen molar-refractivity contribution in [1.82, 2.24) is 9.78 Å². The van der Waals surface area contributed by atoms with Crippen LogP contribution < -0.4 is 0 Å². The minimum atomic E-state index is -1.07. The molecule has 1 N–H and O–H groups in total. The standard InChI is InChI=1S/C14H13N3O2/c1-9(2)13-7-11(14(18)19)16-17(13)12-6-4-3-5-10(12)8-15/h3-7,9H,1-2H3,(H,18,19). The Kier molecular flexibility index (Phi) is 3.34. The number of carboxylic acids is 1. The summed E-state index contributed by atoms with van der Waals surface area (Å²) in [5.41, 5.74) is 1.81. The molecular weight excluding hydrogens is 242 g/mol. The Morgan fingerprint density at radius 2 is 2.11 bits per heavy atom. The average molecular weight is 255 g/mol. The maximum atomic E-state index is 11.0. The lowest BCUT2D eigenvalue weighted by Crippen LogP contribution is -2.06. The number of aromatic carboxylic acids is 1. The van der Waals surface area contributed by atoms with Crippen LogP contribution in [0.3, 0.4) is 0 Å². The van der Waals surface area contributed by atoms with Crippen LogP contribution in [0, 0.1) is 11.3 Å². The van der Waals surface area contributed by atoms with Crippen LogP contribution in [0.4, 0.5) is 0 Å². The zero-order valence-corrected chi connectivity index (χ0v) is 10.7. The molecule has 1 aromatic heterocycles. The third kappa shape index (κ3) is 2.33. The van der Waals surface area contributed by atoms with Crippen molar-refractivity contribution in [1.29, 1.82) is 5.26 Å². The third-order valence-electron chi connectivity index (χ3n) is 2.80. The van der Waals surface area contributed by atoms with Crippen LogP contribution in [0.25, 0.3) is 5.69 Å². The Morgan fingerprint density at radius 1 is 1.42 bits per heavy atom. The molecule has 0 atom stereocenters. The molecule has 0 amide bonds. The van der Waals surface area contributed by atoms with Gasteiger partial charge in [-0.2, -0.15) is 10.4 Å². The molecule has 0 spiro atoms. The van der Waals surface area contributed by atoms with Crippen LogP contribution in [0.15, 0.2) is 30.3 Å². The van der Waals surface area contributed by atoms with Crippen LogP contribution in [-0.4, -0.2) is 20.9 Å². The first-order chi connectivity index (χ1) is 9.04. The fraction of sp³-hybridized carbons (Fsp3) is 0.214. The van der Waals surface area contributed by atoms with Gasteiger partial charge in [-0.25, -0.2) is 9.48 Å². The summed E-state index contributed by atoms with van der Waals surface area (Å²) in [5.74, 6) is -0.970. The number of hydrogen-bond acceptors (Lipinski definition) is 3. The zero-order valence-electron chi connectivity index (χ0n) is 10.7. The largest absolute Gasteiger partial charge is 0.476 e. The van der Waals surface area contributed by atoms with Crippen molar-refractivity contribution >= 4 is 5.97 Å². The quantitative estimate of drug-likeness (QED) is 0.914. The molecule has 0 saturated heterocycles. The van der Waals surface area contributed by atoms with Gasteiger partial charge >= 0.3 is 5.97 Å². The summed E-state index contributed by atoms with van der Waals surface area (Å²) >= 11 is 0. The second-order valence-corrected chi connectivity index (χ2v) is 4.46. The minimum Gasteiger partial charge on any atom is -0.476 e. The molecule has 96 valence electrons. The summed E-state index contributed by atoms with van der Waals surface area (Å²) in [7, 11) is 0. The van der Waals surface area contributed by atoms with E-state index in [0.29, 0.717) is 11.3 Å². The zero-order chi connectivity index (χ0) is 14.0. The van der Waals surface area contributed by atoms with E-state index < -0.39 is 5.97 Å². The molecule has 2 aromatic rings. The van der Waals surface area contributed by atoms with E-state index in [0.717, 1.165) is 5.69 Å². The highest BCUT2D eigenvalue weighted by atomic mass is 16.4. The van der Waals surface area contributed by atoms with Crippen molar-refractivity contribution in [3.05, 3.63) is 47.3 Å². The summed E-state index contributed by atoms with van der Waals surface area (Å²) in [6, 6.07) is 10.6. The van der Waals surface area contributed by atoms with Crippen molar-refractivity contribution < 1.29 is 9.90 Å². The van der Waals surface area contributed by atoms with Gasteiger partial charge in [0.2, 0.25) is 0 Å². The number of rotatable bonds is 3. The number of carboxylic acid groups (broad SMARTS) is 1. The maximum Gasteiger partial charge on any atom is 0.356 e. The fourth-order valence-corrected chi connectivity index (χ4v) is 1.86. The molecule has 0 bridgehead atoms. The van der Waals surface area contributed by atoms with E-state index in [4.69, 9.17) is 10.4 Å². The second-order valence-electron chi connectivity index (χ2n) is 4.46. The third-order valence-corrected chi connectivity index (χ3v) is 2.80. The fourth-order valence-electron chi connectivity index (χ4n) is 1.86. The Balaban J connectivity index is 2.67. The maximum absolute atomic E-state index is 11.0. The SMILES string of the molecule is CC(C)c1cc(C(=O)O)nn1-c1ccccc1C#N. The molecule has 1 heterocycles. The van der Waals surface area contributed by atoms with Crippen molar-refractivity contribution in [2.45, 2.75) is 19.8 Å². The molecule has 0 radical (unpaired) electrons. The van der Waals surface area contributed by atoms with Gasteiger partial charge in [-0.1, -0.05) is 26.0 Å². The molecule has 0 aliphatic heterocycles. The van der Waals surface area contributed by atoms with Crippen molar-refractivity contribution in [3.8, 4) is 11.8 Å². The van der Waals surface area contributed by atoms with Crippen LogP contribution in [0.5, 0.6) is 0 Å². The number of carbonyl (C=O) groups is 1. The van der Waals surface area contributed by atoms with Gasteiger partial charge in [0.1, 0.15) is 6.07 Å². The van der Waals surface area contributed by atoms with Gasteiger partial charge in [-0.15, -0.1) is 0 Å². The van der Waals surface area contributed by atoms with Crippen LogP contribution in [0.2, 0.25) is 0 Å². The highest BCUT2D eigenvalue weighted by Gasteiger charge is 2.18. The molecule has 0 saturated carbocycles. The average Bonchev–Trinajstić information content (AvgIpc) is 2.83. The first kappa shape index (κ1) is 12.8. The van der Waals surface area contributed by atoms with Gasteiger partial charge in [-0.3, -0.25) is 0 Å². The number of nitrogens with zero attached hydrogens (tertiary/aromatic N) is 3. The molecule has 0 unspecified atom stereocenters. The topological polar surface area (TPSA) is 78.9 Å². The van der Waals surface area contributed by atoms with Crippen LogP contribution >= 0.6 is 0 Å². The number of hydrogen-bond donors (Lipinski definition) is 1. The number of nitriles is 1. The van der Waals surface area contributed by atoms with E-state index in [9.17, 15) is 4.79 Å². The van der Waals surface area contributed by atoms with Gasteiger partial charge in [0, 0.05) is 5.69 Å². The van der Waals surface area contributed by atoms with E-state index in [2.05, 4.69) is 11.2 Å². The molecule has 0 aliphatic rings. The minimum absolute atomic E-state index is 0.0172. The van der Waals surface area contributed by atoms with Crippen molar-refractivity contribution in [2.75, 3.05) is 0 Å². The number of benzene rings is 1. The van der Waals surface area contributed by atoms with Gasteiger partial charge < -0.3 is 5.11 Å². The predicted molar refractivity (Wildman–Crippen MR) is 69.3 cm³/mol. The van der Waals surface area contributed by atoms with Gasteiger partial charge in [-0.05, 0) is 24.1 Å². The van der Waals surface area contributed by atoms with Crippen molar-refractivity contribution in [2.24, 2.45) is 0 Å². The summed E-state index contributed by atoms with van der Waals surface area (Å²) in [4.78, 5) is 11.0. The first-order valence-electron chi connectivity index (χ1n) is 5.87. The normalized spacial score (nSPS) is 10.4. The Morgan fingerprint density at radius 3 is 2.68 bits per heavy atom. The molecule has 5 heteroatoms. The smallest absolute Gasteiger partial charge is 0.356 e. The highest BCUT2D eigenvalue weighted by Crippen LogP contribution is 2.22. The van der Waals surface area contributed by atoms with E-state index in [-0.39, 0.29) is 11.6 Å². The Labute approximate surface area is 110 Å². The van der Waals surface area contributed by atoms with E-state index in [1.54, 1.807) is 30.3 Å². The van der Waals surface area contributed by atoms with E-state index in [1.807, 2.05) is 13.8 Å². The lowest BCUT2D eigenvalue weighted by Gasteiger charge is -2.10. The molecule has 2 rings (SSSR count). The predicted octanol–water partition coefficient (Wildman–Crippen LogP) is 2.57. The van der Waals surface area contributed by atoms with Gasteiger partial charge in [0.25, 0.3) is 0 Å². The van der Waals surface area contributed by atoms with Gasteiger partial charge in [0.15, 0.2) is 5.69 Å². The number of aromatic nitrogens is 2. The van der Waals surface area contributed by atoms with Crippen LogP contribution in [-0.2, 0) is 0 Å². The molecule has 0 fully saturated rings. The lowest BCUT2D eigenvalue weighted by atomic mass is 10.1. The second kappa shape index (κ2) is 4.94. The van der Waals surface area contributed by atoms with Crippen LogP contribution in [0.1, 0.15) is 41.5 Å². The molecule has 5 nitrogen and oxygen atoms in total.